The molecule has 6 unspecified atom stereocenters. The van der Waals surface area contributed by atoms with E-state index in [-0.39, 0.29) is 0 Å². The molecule has 0 amide bonds. The lowest BCUT2D eigenvalue weighted by Gasteiger charge is -2.40. The quantitative estimate of drug-likeness (QED) is 0.228. The van der Waals surface area contributed by atoms with Crippen molar-refractivity contribution in [3.8, 4) is 0 Å². The number of hydrogen-bond donors (Lipinski definition) is 9. The van der Waals surface area contributed by atoms with Gasteiger partial charge in [0.25, 0.3) is 0 Å². The van der Waals surface area contributed by atoms with Gasteiger partial charge < -0.3 is 50.7 Å². The third-order valence-corrected chi connectivity index (χ3v) is 3.51. The number of hydrogen-bond acceptors (Lipinski definition) is 10. The van der Waals surface area contributed by atoms with E-state index in [1.165, 1.54) is 0 Å². The van der Waals surface area contributed by atoms with Gasteiger partial charge in [-0.1, -0.05) is 0 Å². The summed E-state index contributed by atoms with van der Waals surface area (Å²) < 4.78 is 4.90. The SMILES string of the molecule is OCC(O)C(O)C(O)C(O)C(O)C1OC[C@@H](O)[C@H](O)[C@H]1O. The van der Waals surface area contributed by atoms with Crippen molar-refractivity contribution in [2.75, 3.05) is 13.2 Å². The van der Waals surface area contributed by atoms with Crippen LogP contribution >= 0.6 is 0 Å². The summed E-state index contributed by atoms with van der Waals surface area (Å²) in [6.45, 7) is -1.29. The summed E-state index contributed by atoms with van der Waals surface area (Å²) in [7, 11) is 0. The van der Waals surface area contributed by atoms with Gasteiger partial charge in [-0.15, -0.1) is 0 Å². The van der Waals surface area contributed by atoms with Crippen LogP contribution in [-0.2, 0) is 4.74 Å². The van der Waals surface area contributed by atoms with Crippen LogP contribution in [0.1, 0.15) is 0 Å². The van der Waals surface area contributed by atoms with Crippen molar-refractivity contribution in [3.05, 3.63) is 0 Å². The molecular weight excluding hydrogens is 292 g/mol. The first-order valence-corrected chi connectivity index (χ1v) is 6.39. The first-order chi connectivity index (χ1) is 9.72. The standard InChI is InChI=1S/C11H22O10/c12-1-3(13)5(15)7(17)8(18)10(20)11-9(19)6(16)4(14)2-21-11/h3-20H,1-2H2/t3?,4-,5?,6+,7?,8?,9-,10?,11?/m1/s1. The van der Waals surface area contributed by atoms with Crippen molar-refractivity contribution in [2.24, 2.45) is 0 Å². The second kappa shape index (κ2) is 7.74. The van der Waals surface area contributed by atoms with Crippen LogP contribution in [-0.4, -0.2) is 114 Å². The Morgan fingerprint density at radius 3 is 1.95 bits per heavy atom. The summed E-state index contributed by atoms with van der Waals surface area (Å²) in [6, 6.07) is 0. The lowest BCUT2D eigenvalue weighted by Crippen LogP contribution is -2.61. The van der Waals surface area contributed by atoms with E-state index in [4.69, 9.17) is 14.9 Å². The van der Waals surface area contributed by atoms with E-state index in [9.17, 15) is 35.7 Å². The van der Waals surface area contributed by atoms with E-state index in [0.717, 1.165) is 0 Å². The molecule has 0 aromatic rings. The highest BCUT2D eigenvalue weighted by molar-refractivity contribution is 4.95. The minimum absolute atomic E-state index is 0.412. The lowest BCUT2D eigenvalue weighted by atomic mass is 9.90. The molecule has 0 radical (unpaired) electrons. The fourth-order valence-electron chi connectivity index (χ4n) is 2.06. The third-order valence-electron chi connectivity index (χ3n) is 3.51. The van der Waals surface area contributed by atoms with Gasteiger partial charge in [-0.3, -0.25) is 0 Å². The molecule has 0 aromatic heterocycles. The second-order valence-corrected chi connectivity index (χ2v) is 5.06. The first-order valence-electron chi connectivity index (χ1n) is 6.39. The number of aliphatic hydroxyl groups excluding tert-OH is 9. The molecule has 9 N–H and O–H groups in total. The number of rotatable bonds is 6. The number of aliphatic hydroxyl groups is 9. The maximum Gasteiger partial charge on any atom is 0.115 e. The average molecular weight is 314 g/mol. The van der Waals surface area contributed by atoms with Crippen LogP contribution in [0.2, 0.25) is 0 Å². The van der Waals surface area contributed by atoms with E-state index < -0.39 is 68.1 Å². The Morgan fingerprint density at radius 2 is 1.43 bits per heavy atom. The molecule has 0 spiro atoms. The molecule has 1 fully saturated rings. The van der Waals surface area contributed by atoms with Gasteiger partial charge >= 0.3 is 0 Å². The summed E-state index contributed by atoms with van der Waals surface area (Å²) >= 11 is 0. The van der Waals surface area contributed by atoms with Crippen LogP contribution in [0.3, 0.4) is 0 Å². The van der Waals surface area contributed by atoms with Crippen molar-refractivity contribution >= 4 is 0 Å². The van der Waals surface area contributed by atoms with Crippen LogP contribution < -0.4 is 0 Å². The van der Waals surface area contributed by atoms with Crippen molar-refractivity contribution in [2.45, 2.75) is 54.9 Å². The van der Waals surface area contributed by atoms with E-state index in [0.29, 0.717) is 0 Å². The molecule has 126 valence electrons. The Kier molecular flexibility index (Phi) is 6.87. The molecule has 0 aromatic carbocycles. The molecule has 0 aliphatic carbocycles. The molecule has 9 atom stereocenters. The number of ether oxygens (including phenoxy) is 1. The predicted molar refractivity (Wildman–Crippen MR) is 64.9 cm³/mol. The average Bonchev–Trinajstić information content (AvgIpc) is 2.49. The zero-order valence-corrected chi connectivity index (χ0v) is 11.0. The first kappa shape index (κ1) is 18.6. The lowest BCUT2D eigenvalue weighted by molar-refractivity contribution is -0.234. The summed E-state index contributed by atoms with van der Waals surface area (Å²) in [6.07, 6.45) is -15.9. The van der Waals surface area contributed by atoms with Gasteiger partial charge in [0.2, 0.25) is 0 Å². The Morgan fingerprint density at radius 1 is 0.857 bits per heavy atom. The summed E-state index contributed by atoms with van der Waals surface area (Å²) in [5.74, 6) is 0. The largest absolute Gasteiger partial charge is 0.394 e. The summed E-state index contributed by atoms with van der Waals surface area (Å²) in [4.78, 5) is 0. The van der Waals surface area contributed by atoms with Crippen LogP contribution in [0, 0.1) is 0 Å². The fourth-order valence-corrected chi connectivity index (χ4v) is 2.06. The Bertz CT molecular complexity index is 315. The van der Waals surface area contributed by atoms with Gasteiger partial charge in [0, 0.05) is 0 Å². The van der Waals surface area contributed by atoms with Gasteiger partial charge in [0.05, 0.1) is 13.2 Å². The molecule has 0 saturated carbocycles. The van der Waals surface area contributed by atoms with Crippen LogP contribution in [0.15, 0.2) is 0 Å². The van der Waals surface area contributed by atoms with Crippen LogP contribution in [0.5, 0.6) is 0 Å². The van der Waals surface area contributed by atoms with Crippen LogP contribution in [0.25, 0.3) is 0 Å². The molecule has 1 rings (SSSR count). The van der Waals surface area contributed by atoms with Crippen molar-refractivity contribution in [1.82, 2.24) is 0 Å². The molecule has 0 bridgehead atoms. The molecular formula is C11H22O10. The van der Waals surface area contributed by atoms with E-state index in [1.807, 2.05) is 0 Å². The normalized spacial score (nSPS) is 37.6. The zero-order chi connectivity index (χ0) is 16.3. The summed E-state index contributed by atoms with van der Waals surface area (Å²) in [5.41, 5.74) is 0. The highest BCUT2D eigenvalue weighted by Crippen LogP contribution is 2.22. The highest BCUT2D eigenvalue weighted by atomic mass is 16.5. The maximum absolute atomic E-state index is 9.85. The van der Waals surface area contributed by atoms with Gasteiger partial charge in [-0.05, 0) is 0 Å². The molecule has 1 aliphatic heterocycles. The molecule has 10 nitrogen and oxygen atoms in total. The van der Waals surface area contributed by atoms with Gasteiger partial charge in [-0.2, -0.15) is 0 Å². The van der Waals surface area contributed by atoms with Gasteiger partial charge in [-0.25, -0.2) is 0 Å². The van der Waals surface area contributed by atoms with Gasteiger partial charge in [0.1, 0.15) is 54.9 Å². The van der Waals surface area contributed by atoms with E-state index >= 15 is 0 Å². The monoisotopic (exact) mass is 314 g/mol. The topological polar surface area (TPSA) is 191 Å². The maximum atomic E-state index is 9.85. The van der Waals surface area contributed by atoms with Crippen molar-refractivity contribution in [1.29, 1.82) is 0 Å². The molecule has 10 heteroatoms. The highest BCUT2D eigenvalue weighted by Gasteiger charge is 2.46. The van der Waals surface area contributed by atoms with Crippen molar-refractivity contribution < 1.29 is 50.7 Å². The Hall–Kier alpha value is -0.400. The zero-order valence-electron chi connectivity index (χ0n) is 11.0. The molecule has 1 saturated heterocycles. The summed E-state index contributed by atoms with van der Waals surface area (Å²) in [5, 5.41) is 84.8. The smallest absolute Gasteiger partial charge is 0.115 e. The van der Waals surface area contributed by atoms with E-state index in [1.54, 1.807) is 0 Å². The fraction of sp³-hybridized carbons (Fsp3) is 1.00. The Balaban J connectivity index is 2.71. The predicted octanol–water partition coefficient (Wildman–Crippen LogP) is -5.74. The Labute approximate surface area is 120 Å². The molecule has 1 heterocycles. The minimum Gasteiger partial charge on any atom is -0.394 e. The molecule has 1 aliphatic rings. The third kappa shape index (κ3) is 4.07. The van der Waals surface area contributed by atoms with Gasteiger partial charge in [0.15, 0.2) is 0 Å². The van der Waals surface area contributed by atoms with Crippen molar-refractivity contribution in [3.63, 3.8) is 0 Å². The minimum atomic E-state index is -2.04. The van der Waals surface area contributed by atoms with Crippen LogP contribution in [0.4, 0.5) is 0 Å². The molecule has 21 heavy (non-hydrogen) atoms. The second-order valence-electron chi connectivity index (χ2n) is 5.06. The van der Waals surface area contributed by atoms with E-state index in [2.05, 4.69) is 0 Å².